The predicted octanol–water partition coefficient (Wildman–Crippen LogP) is 1.91. The third-order valence-electron chi connectivity index (χ3n) is 4.79. The van der Waals surface area contributed by atoms with Crippen LogP contribution in [-0.2, 0) is 24.3 Å². The van der Waals surface area contributed by atoms with E-state index < -0.39 is 16.1 Å². The molecule has 1 aromatic rings. The molecule has 8 nitrogen and oxygen atoms in total. The molecule has 0 unspecified atom stereocenters. The van der Waals surface area contributed by atoms with Crippen LogP contribution in [0.3, 0.4) is 0 Å². The molecule has 10 heteroatoms. The van der Waals surface area contributed by atoms with E-state index >= 15 is 0 Å². The average Bonchev–Trinajstić information content (AvgIpc) is 2.66. The monoisotopic (exact) mass is 432 g/mol. The molecule has 1 amide bonds. The molecule has 1 fully saturated rings. The highest BCUT2D eigenvalue weighted by atomic mass is 35.5. The van der Waals surface area contributed by atoms with Crippen LogP contribution < -0.4 is 9.04 Å². The topological polar surface area (TPSA) is 93.2 Å². The fourth-order valence-electron chi connectivity index (χ4n) is 3.38. The third-order valence-corrected chi connectivity index (χ3v) is 6.25. The fraction of sp³-hybridized carbons (Fsp3) is 0.556. The number of benzene rings is 1. The van der Waals surface area contributed by atoms with Gasteiger partial charge < -0.3 is 14.4 Å². The molecule has 1 aliphatic rings. The van der Waals surface area contributed by atoms with Gasteiger partial charge in [-0.25, -0.2) is 8.42 Å². The van der Waals surface area contributed by atoms with E-state index in [2.05, 4.69) is 0 Å². The van der Waals surface area contributed by atoms with Gasteiger partial charge in [0, 0.05) is 18.1 Å². The summed E-state index contributed by atoms with van der Waals surface area (Å²) in [7, 11) is -1.05. The Hall–Kier alpha value is -2.00. The van der Waals surface area contributed by atoms with E-state index in [1.165, 1.54) is 27.2 Å². The lowest BCUT2D eigenvalue weighted by Gasteiger charge is -2.36. The second-order valence-corrected chi connectivity index (χ2v) is 8.97. The predicted molar refractivity (Wildman–Crippen MR) is 106 cm³/mol. The Morgan fingerprint density at radius 3 is 2.36 bits per heavy atom. The molecule has 0 bridgehead atoms. The first-order valence-corrected chi connectivity index (χ1v) is 11.0. The number of carbonyl (C=O) groups excluding carboxylic acids is 2. The summed E-state index contributed by atoms with van der Waals surface area (Å²) < 4.78 is 36.1. The maximum atomic E-state index is 13.0. The normalized spacial score (nSPS) is 16.4. The van der Waals surface area contributed by atoms with Gasteiger partial charge in [0.15, 0.2) is 0 Å². The van der Waals surface area contributed by atoms with Crippen LogP contribution in [0.15, 0.2) is 18.2 Å². The van der Waals surface area contributed by atoms with E-state index in [0.29, 0.717) is 36.7 Å². The summed E-state index contributed by atoms with van der Waals surface area (Å²) in [4.78, 5) is 26.3. The molecule has 1 aliphatic heterocycles. The van der Waals surface area contributed by atoms with Crippen LogP contribution in [0.4, 0.5) is 5.69 Å². The number of likely N-dealkylation sites (tertiary alicyclic amines) is 1. The van der Waals surface area contributed by atoms with Crippen LogP contribution in [0.2, 0.25) is 5.02 Å². The third kappa shape index (κ3) is 4.88. The highest BCUT2D eigenvalue weighted by molar-refractivity contribution is 7.92. The molecule has 0 aliphatic carbocycles. The van der Waals surface area contributed by atoms with E-state index in [4.69, 9.17) is 21.1 Å². The number of halogens is 1. The molecule has 1 heterocycles. The first kappa shape index (κ1) is 22.3. The summed E-state index contributed by atoms with van der Waals surface area (Å²) in [5, 5.41) is 0.322. The minimum Gasteiger partial charge on any atom is -0.495 e. The van der Waals surface area contributed by atoms with Crippen molar-refractivity contribution in [3.63, 3.8) is 0 Å². The number of nitrogens with zero attached hydrogens (tertiary/aromatic N) is 2. The van der Waals surface area contributed by atoms with Crippen molar-refractivity contribution in [2.75, 3.05) is 37.9 Å². The molecule has 1 aromatic carbocycles. The Morgan fingerprint density at radius 2 is 1.86 bits per heavy atom. The van der Waals surface area contributed by atoms with Crippen LogP contribution >= 0.6 is 11.6 Å². The summed E-state index contributed by atoms with van der Waals surface area (Å²) in [5.41, 5.74) is 0.197. The lowest BCUT2D eigenvalue weighted by atomic mass is 9.96. The molecular weight excluding hydrogens is 408 g/mol. The van der Waals surface area contributed by atoms with E-state index in [9.17, 15) is 18.0 Å². The number of piperidine rings is 1. The van der Waals surface area contributed by atoms with Crippen LogP contribution in [0.5, 0.6) is 5.75 Å². The Labute approximate surface area is 170 Å². The first-order valence-electron chi connectivity index (χ1n) is 8.79. The van der Waals surface area contributed by atoms with E-state index in [-0.39, 0.29) is 23.5 Å². The zero-order chi connectivity index (χ0) is 21.1. The maximum Gasteiger partial charge on any atom is 0.308 e. The summed E-state index contributed by atoms with van der Waals surface area (Å²) in [6.45, 7) is 2.23. The molecule has 156 valence electrons. The largest absolute Gasteiger partial charge is 0.495 e. The van der Waals surface area contributed by atoms with Crippen molar-refractivity contribution in [2.45, 2.75) is 25.8 Å². The minimum absolute atomic E-state index is 0.197. The standard InChI is InChI=1S/C18H25ClN2O6S/c1-12(17(22)20-9-7-13(8-10-20)18(23)27-3)21(28(4,24)25)15-11-14(19)5-6-16(15)26-2/h5-6,11-13H,7-10H2,1-4H3/t12-/m1/s1. The van der Waals surface area contributed by atoms with Crippen molar-refractivity contribution >= 4 is 39.2 Å². The van der Waals surface area contributed by atoms with Crippen molar-refractivity contribution in [1.29, 1.82) is 0 Å². The number of sulfonamides is 1. The van der Waals surface area contributed by atoms with Gasteiger partial charge in [-0.2, -0.15) is 0 Å². The molecule has 28 heavy (non-hydrogen) atoms. The van der Waals surface area contributed by atoms with Gasteiger partial charge in [0.25, 0.3) is 0 Å². The maximum absolute atomic E-state index is 13.0. The number of anilines is 1. The second-order valence-electron chi connectivity index (χ2n) is 6.67. The Balaban J connectivity index is 2.28. The number of esters is 1. The number of methoxy groups -OCH3 is 2. The SMILES string of the molecule is COC(=O)C1CCN(C(=O)[C@@H](C)N(c2cc(Cl)ccc2OC)S(C)(=O)=O)CC1. The Kier molecular flexibility index (Phi) is 7.16. The number of ether oxygens (including phenoxy) is 2. The van der Waals surface area contributed by atoms with Crippen molar-refractivity contribution in [3.05, 3.63) is 23.2 Å². The molecule has 1 atom stereocenters. The molecule has 0 N–H and O–H groups in total. The van der Waals surface area contributed by atoms with Gasteiger partial charge in [0.2, 0.25) is 15.9 Å². The molecule has 0 spiro atoms. The fourth-order valence-corrected chi connectivity index (χ4v) is 4.71. The van der Waals surface area contributed by atoms with Crippen LogP contribution in [0.25, 0.3) is 0 Å². The van der Waals surface area contributed by atoms with Gasteiger partial charge in [-0.05, 0) is 38.0 Å². The minimum atomic E-state index is -3.81. The van der Waals surface area contributed by atoms with Crippen molar-refractivity contribution in [1.82, 2.24) is 4.90 Å². The molecule has 0 radical (unpaired) electrons. The number of rotatable bonds is 6. The summed E-state index contributed by atoms with van der Waals surface area (Å²) in [6.07, 6.45) is 1.98. The van der Waals surface area contributed by atoms with E-state index in [1.54, 1.807) is 17.0 Å². The number of carbonyl (C=O) groups is 2. The zero-order valence-electron chi connectivity index (χ0n) is 16.3. The Morgan fingerprint density at radius 1 is 1.25 bits per heavy atom. The average molecular weight is 433 g/mol. The van der Waals surface area contributed by atoms with Gasteiger partial charge in [0.05, 0.1) is 32.1 Å². The van der Waals surface area contributed by atoms with Crippen LogP contribution in [-0.4, -0.2) is 64.8 Å². The highest BCUT2D eigenvalue weighted by Gasteiger charge is 2.36. The van der Waals surface area contributed by atoms with Crippen LogP contribution in [0, 0.1) is 5.92 Å². The van der Waals surface area contributed by atoms with Gasteiger partial charge in [0.1, 0.15) is 11.8 Å². The van der Waals surface area contributed by atoms with Gasteiger partial charge >= 0.3 is 5.97 Å². The van der Waals surface area contributed by atoms with Gasteiger partial charge in [-0.15, -0.1) is 0 Å². The molecule has 0 saturated carbocycles. The molecular formula is C18H25ClN2O6S. The number of amides is 1. The lowest BCUT2D eigenvalue weighted by molar-refractivity contribution is -0.149. The van der Waals surface area contributed by atoms with Crippen molar-refractivity contribution in [2.24, 2.45) is 5.92 Å². The molecule has 0 aromatic heterocycles. The Bertz CT molecular complexity index is 836. The van der Waals surface area contributed by atoms with Crippen molar-refractivity contribution < 1.29 is 27.5 Å². The number of hydrogen-bond donors (Lipinski definition) is 0. The highest BCUT2D eigenvalue weighted by Crippen LogP contribution is 2.34. The summed E-state index contributed by atoms with van der Waals surface area (Å²) in [6, 6.07) is 3.58. The lowest BCUT2D eigenvalue weighted by Crippen LogP contribution is -2.51. The van der Waals surface area contributed by atoms with Crippen LogP contribution in [0.1, 0.15) is 19.8 Å². The van der Waals surface area contributed by atoms with Gasteiger partial charge in [-0.3, -0.25) is 13.9 Å². The van der Waals surface area contributed by atoms with E-state index in [1.807, 2.05) is 0 Å². The quantitative estimate of drug-likeness (QED) is 0.637. The smallest absolute Gasteiger partial charge is 0.308 e. The summed E-state index contributed by atoms with van der Waals surface area (Å²) in [5.74, 6) is -0.598. The first-order chi connectivity index (χ1) is 13.1. The molecule has 2 rings (SSSR count). The summed E-state index contributed by atoms with van der Waals surface area (Å²) >= 11 is 6.04. The van der Waals surface area contributed by atoms with Crippen molar-refractivity contribution in [3.8, 4) is 5.75 Å². The zero-order valence-corrected chi connectivity index (χ0v) is 17.9. The number of hydrogen-bond acceptors (Lipinski definition) is 6. The second kappa shape index (κ2) is 9.00. The van der Waals surface area contributed by atoms with E-state index in [0.717, 1.165) is 10.6 Å². The molecule has 1 saturated heterocycles. The van der Waals surface area contributed by atoms with Gasteiger partial charge in [-0.1, -0.05) is 11.6 Å².